The zero-order valence-electron chi connectivity index (χ0n) is 30.1. The number of benzene rings is 3. The van der Waals surface area contributed by atoms with Crippen LogP contribution in [-0.2, 0) is 9.53 Å². The van der Waals surface area contributed by atoms with E-state index in [2.05, 4.69) is 13.8 Å². The molecule has 3 rings (SSSR count). The predicted octanol–water partition coefficient (Wildman–Crippen LogP) is 11.4. The van der Waals surface area contributed by atoms with Gasteiger partial charge in [0.25, 0.3) is 0 Å². The third-order valence-electron chi connectivity index (χ3n) is 8.61. The minimum atomic E-state index is -0.612. The second kappa shape index (κ2) is 22.1. The van der Waals surface area contributed by atoms with Crippen molar-refractivity contribution in [1.29, 1.82) is 0 Å². The summed E-state index contributed by atoms with van der Waals surface area (Å²) in [5, 5.41) is 0. The van der Waals surface area contributed by atoms with Crippen LogP contribution in [0.15, 0.2) is 60.7 Å². The van der Waals surface area contributed by atoms with Gasteiger partial charge in [-0.05, 0) is 92.3 Å². The lowest BCUT2D eigenvalue weighted by atomic mass is 10.1. The second-order valence-corrected chi connectivity index (χ2v) is 12.9. The molecule has 0 spiro atoms. The maximum Gasteiger partial charge on any atom is 0.343 e. The molecule has 6 heteroatoms. The van der Waals surface area contributed by atoms with E-state index >= 15 is 0 Å². The summed E-state index contributed by atoms with van der Waals surface area (Å²) >= 11 is 0. The summed E-state index contributed by atoms with van der Waals surface area (Å²) in [7, 11) is 0. The van der Waals surface area contributed by atoms with Crippen molar-refractivity contribution in [2.75, 3.05) is 13.2 Å². The molecule has 1 atom stereocenters. The van der Waals surface area contributed by atoms with Gasteiger partial charge in [0, 0.05) is 6.61 Å². The molecule has 0 saturated carbocycles. The fraction of sp³-hybridized carbons (Fsp3) is 0.524. The number of rotatable bonds is 23. The van der Waals surface area contributed by atoms with Crippen molar-refractivity contribution in [2.45, 2.75) is 131 Å². The SMILES string of the molecule is CCCCCCCCCCOc1c(C)cc(C(=O)Oc2ccc(-c3ccc(OC(=O)C(C)OCCCCCCCC)cc3)cc2)cc1C. The summed E-state index contributed by atoms with van der Waals surface area (Å²) in [6.07, 6.45) is 16.5. The zero-order valence-corrected chi connectivity index (χ0v) is 30.1. The van der Waals surface area contributed by atoms with Gasteiger partial charge in [0.05, 0.1) is 12.2 Å². The molecular formula is C42H58O6. The Morgan fingerprint density at radius 2 is 1.02 bits per heavy atom. The molecule has 0 bridgehead atoms. The first-order valence-corrected chi connectivity index (χ1v) is 18.3. The molecule has 0 saturated heterocycles. The number of aryl methyl sites for hydroxylation is 2. The zero-order chi connectivity index (χ0) is 34.6. The maximum atomic E-state index is 13.0. The fourth-order valence-corrected chi connectivity index (χ4v) is 5.71. The van der Waals surface area contributed by atoms with Gasteiger partial charge in [-0.1, -0.05) is 115 Å². The monoisotopic (exact) mass is 658 g/mol. The molecule has 48 heavy (non-hydrogen) atoms. The fourth-order valence-electron chi connectivity index (χ4n) is 5.71. The largest absolute Gasteiger partial charge is 0.493 e. The van der Waals surface area contributed by atoms with Crippen LogP contribution in [0.4, 0.5) is 0 Å². The van der Waals surface area contributed by atoms with Crippen molar-refractivity contribution in [3.63, 3.8) is 0 Å². The Kier molecular flexibility index (Phi) is 17.9. The Morgan fingerprint density at radius 3 is 1.52 bits per heavy atom. The van der Waals surface area contributed by atoms with Gasteiger partial charge in [-0.15, -0.1) is 0 Å². The van der Waals surface area contributed by atoms with Crippen LogP contribution in [-0.4, -0.2) is 31.3 Å². The molecule has 3 aromatic carbocycles. The van der Waals surface area contributed by atoms with Crippen molar-refractivity contribution in [2.24, 2.45) is 0 Å². The van der Waals surface area contributed by atoms with Crippen molar-refractivity contribution in [3.05, 3.63) is 77.4 Å². The smallest absolute Gasteiger partial charge is 0.343 e. The molecule has 0 radical (unpaired) electrons. The number of hydrogen-bond acceptors (Lipinski definition) is 6. The first-order chi connectivity index (χ1) is 23.3. The van der Waals surface area contributed by atoms with Crippen LogP contribution >= 0.6 is 0 Å². The molecular weight excluding hydrogens is 600 g/mol. The number of ether oxygens (including phenoxy) is 4. The summed E-state index contributed by atoms with van der Waals surface area (Å²) in [5.41, 5.74) is 4.27. The number of hydrogen-bond donors (Lipinski definition) is 0. The minimum Gasteiger partial charge on any atom is -0.493 e. The highest BCUT2D eigenvalue weighted by Crippen LogP contribution is 2.28. The van der Waals surface area contributed by atoms with Crippen LogP contribution < -0.4 is 14.2 Å². The standard InChI is InChI=1S/C42H58O6/c1-6-8-10-12-14-15-17-19-29-46-40-32(3)30-37(31-33(40)4)42(44)48-39-26-22-36(23-27-39)35-20-24-38(25-21-35)47-41(43)34(5)45-28-18-16-13-11-9-7-2/h20-27,30-31,34H,6-19,28-29H2,1-5H3. The molecule has 0 aromatic heterocycles. The Balaban J connectivity index is 1.43. The van der Waals surface area contributed by atoms with Gasteiger partial charge in [0.15, 0.2) is 6.10 Å². The van der Waals surface area contributed by atoms with Crippen molar-refractivity contribution >= 4 is 11.9 Å². The van der Waals surface area contributed by atoms with Gasteiger partial charge in [0.2, 0.25) is 0 Å². The first kappa shape index (κ1) is 38.8. The van der Waals surface area contributed by atoms with E-state index in [1.54, 1.807) is 31.2 Å². The second-order valence-electron chi connectivity index (χ2n) is 12.9. The van der Waals surface area contributed by atoms with Gasteiger partial charge < -0.3 is 18.9 Å². The molecule has 1 unspecified atom stereocenters. The molecule has 0 heterocycles. The van der Waals surface area contributed by atoms with Crippen LogP contribution in [0.25, 0.3) is 11.1 Å². The van der Waals surface area contributed by atoms with E-state index in [9.17, 15) is 9.59 Å². The predicted molar refractivity (Wildman–Crippen MR) is 195 cm³/mol. The van der Waals surface area contributed by atoms with E-state index in [0.29, 0.717) is 30.3 Å². The summed E-state index contributed by atoms with van der Waals surface area (Å²) in [6, 6.07) is 18.4. The van der Waals surface area contributed by atoms with Gasteiger partial charge in [0.1, 0.15) is 17.2 Å². The Hall–Kier alpha value is -3.64. The van der Waals surface area contributed by atoms with Crippen LogP contribution in [0.1, 0.15) is 132 Å². The summed E-state index contributed by atoms with van der Waals surface area (Å²) in [6.45, 7) is 11.4. The highest BCUT2D eigenvalue weighted by molar-refractivity contribution is 5.92. The molecule has 0 aliphatic carbocycles. The van der Waals surface area contributed by atoms with E-state index in [1.165, 1.54) is 70.6 Å². The highest BCUT2D eigenvalue weighted by Gasteiger charge is 2.17. The lowest BCUT2D eigenvalue weighted by molar-refractivity contribution is -0.146. The number of carbonyl (C=O) groups is 2. The highest BCUT2D eigenvalue weighted by atomic mass is 16.6. The summed E-state index contributed by atoms with van der Waals surface area (Å²) in [4.78, 5) is 25.5. The maximum absolute atomic E-state index is 13.0. The van der Waals surface area contributed by atoms with Crippen molar-refractivity contribution in [3.8, 4) is 28.4 Å². The molecule has 0 amide bonds. The number of esters is 2. The Bertz CT molecular complexity index is 1340. The molecule has 0 aliphatic heterocycles. The molecule has 6 nitrogen and oxygen atoms in total. The summed E-state index contributed by atoms with van der Waals surface area (Å²) in [5.74, 6) is 0.992. The van der Waals surface area contributed by atoms with E-state index in [0.717, 1.165) is 47.3 Å². The Morgan fingerprint density at radius 1 is 0.583 bits per heavy atom. The van der Waals surface area contributed by atoms with E-state index < -0.39 is 18.0 Å². The molecule has 0 N–H and O–H groups in total. The lowest BCUT2D eigenvalue weighted by Gasteiger charge is -2.14. The topological polar surface area (TPSA) is 71.1 Å². The van der Waals surface area contributed by atoms with Gasteiger partial charge in [-0.2, -0.15) is 0 Å². The molecule has 0 aliphatic rings. The van der Waals surface area contributed by atoms with Crippen molar-refractivity contribution < 1.29 is 28.5 Å². The van der Waals surface area contributed by atoms with Crippen molar-refractivity contribution in [1.82, 2.24) is 0 Å². The first-order valence-electron chi connectivity index (χ1n) is 18.3. The van der Waals surface area contributed by atoms with Crippen LogP contribution in [0.2, 0.25) is 0 Å². The van der Waals surface area contributed by atoms with Crippen LogP contribution in [0, 0.1) is 13.8 Å². The lowest BCUT2D eigenvalue weighted by Crippen LogP contribution is -2.26. The van der Waals surface area contributed by atoms with Gasteiger partial charge in [-0.3, -0.25) is 0 Å². The average Bonchev–Trinajstić information content (AvgIpc) is 3.08. The van der Waals surface area contributed by atoms with Crippen LogP contribution in [0.3, 0.4) is 0 Å². The summed E-state index contributed by atoms with van der Waals surface area (Å²) < 4.78 is 23.0. The van der Waals surface area contributed by atoms with Gasteiger partial charge >= 0.3 is 11.9 Å². The number of carbonyl (C=O) groups excluding carboxylic acids is 2. The van der Waals surface area contributed by atoms with E-state index in [4.69, 9.17) is 18.9 Å². The Labute approximate surface area is 289 Å². The number of unbranched alkanes of at least 4 members (excludes halogenated alkanes) is 12. The molecule has 3 aromatic rings. The third-order valence-corrected chi connectivity index (χ3v) is 8.61. The normalized spacial score (nSPS) is 11.7. The van der Waals surface area contributed by atoms with Gasteiger partial charge in [-0.25, -0.2) is 9.59 Å². The third kappa shape index (κ3) is 13.8. The van der Waals surface area contributed by atoms with E-state index in [-0.39, 0.29) is 0 Å². The van der Waals surface area contributed by atoms with Crippen LogP contribution in [0.5, 0.6) is 17.2 Å². The molecule has 0 fully saturated rings. The average molecular weight is 659 g/mol. The minimum absolute atomic E-state index is 0.397. The molecule has 262 valence electrons. The quantitative estimate of drug-likeness (QED) is 0.0573. The van der Waals surface area contributed by atoms with E-state index in [1.807, 2.05) is 50.2 Å².